The number of nitro groups is 1. The van der Waals surface area contributed by atoms with E-state index in [0.29, 0.717) is 16.5 Å². The van der Waals surface area contributed by atoms with Crippen molar-refractivity contribution in [2.45, 2.75) is 6.04 Å². The molecule has 2 rings (SSSR count). The molecule has 0 saturated carbocycles. The average Bonchev–Trinajstić information content (AvgIpc) is 2.80. The third kappa shape index (κ3) is 3.24. The van der Waals surface area contributed by atoms with Gasteiger partial charge in [0.05, 0.1) is 6.26 Å². The minimum absolute atomic E-state index is 0.264. The maximum atomic E-state index is 10.7. The lowest BCUT2D eigenvalue weighted by Gasteiger charge is -2.14. The van der Waals surface area contributed by atoms with Crippen molar-refractivity contribution in [3.8, 4) is 0 Å². The number of nitrogens with zero attached hydrogens (tertiary/aromatic N) is 1. The number of furan rings is 1. The van der Waals surface area contributed by atoms with Crippen molar-refractivity contribution in [2.75, 3.05) is 11.9 Å². The molecule has 1 aromatic carbocycles. The van der Waals surface area contributed by atoms with Gasteiger partial charge in [0.25, 0.3) is 0 Å². The van der Waals surface area contributed by atoms with Gasteiger partial charge in [-0.25, -0.2) is 0 Å². The molecular weight excluding hydrogens is 256 g/mol. The van der Waals surface area contributed by atoms with Gasteiger partial charge in [-0.2, -0.15) is 0 Å². The van der Waals surface area contributed by atoms with Crippen LogP contribution in [0.4, 0.5) is 5.69 Å². The highest BCUT2D eigenvalue weighted by molar-refractivity contribution is 6.30. The van der Waals surface area contributed by atoms with Crippen LogP contribution in [0.25, 0.3) is 0 Å². The lowest BCUT2D eigenvalue weighted by molar-refractivity contribution is -0.482. The molecule has 0 aliphatic carbocycles. The van der Waals surface area contributed by atoms with Crippen molar-refractivity contribution >= 4 is 17.3 Å². The lowest BCUT2D eigenvalue weighted by atomic mass is 10.2. The summed E-state index contributed by atoms with van der Waals surface area (Å²) < 4.78 is 5.20. The number of anilines is 1. The van der Waals surface area contributed by atoms with E-state index in [2.05, 4.69) is 5.32 Å². The molecule has 0 aliphatic heterocycles. The predicted molar refractivity (Wildman–Crippen MR) is 68.4 cm³/mol. The molecule has 0 bridgehead atoms. The highest BCUT2D eigenvalue weighted by atomic mass is 35.5. The molecule has 6 heteroatoms. The van der Waals surface area contributed by atoms with Gasteiger partial charge in [-0.05, 0) is 30.3 Å². The van der Waals surface area contributed by atoms with E-state index in [1.165, 1.54) is 6.26 Å². The number of nitrogens with one attached hydrogen (secondary N) is 1. The van der Waals surface area contributed by atoms with Crippen LogP contribution in [0, 0.1) is 10.1 Å². The van der Waals surface area contributed by atoms with Crippen LogP contribution in [-0.4, -0.2) is 11.5 Å². The van der Waals surface area contributed by atoms with E-state index >= 15 is 0 Å². The maximum Gasteiger partial charge on any atom is 0.231 e. The van der Waals surface area contributed by atoms with Crippen LogP contribution in [0.15, 0.2) is 47.1 Å². The second kappa shape index (κ2) is 5.55. The summed E-state index contributed by atoms with van der Waals surface area (Å²) in [4.78, 5) is 10.3. The molecule has 1 N–H and O–H groups in total. The topological polar surface area (TPSA) is 68.3 Å². The van der Waals surface area contributed by atoms with E-state index in [9.17, 15) is 10.1 Å². The molecule has 5 nitrogen and oxygen atoms in total. The number of halogens is 1. The first kappa shape index (κ1) is 12.4. The molecule has 18 heavy (non-hydrogen) atoms. The third-order valence-electron chi connectivity index (χ3n) is 2.38. The van der Waals surface area contributed by atoms with Gasteiger partial charge in [0.1, 0.15) is 11.8 Å². The molecule has 94 valence electrons. The number of benzene rings is 1. The number of rotatable bonds is 5. The Balaban J connectivity index is 2.17. The molecule has 1 aromatic heterocycles. The Hall–Kier alpha value is -2.01. The zero-order valence-electron chi connectivity index (χ0n) is 9.38. The van der Waals surface area contributed by atoms with E-state index in [1.807, 2.05) is 0 Å². The van der Waals surface area contributed by atoms with Crippen LogP contribution in [0.2, 0.25) is 5.02 Å². The van der Waals surface area contributed by atoms with E-state index in [-0.39, 0.29) is 11.5 Å². The summed E-state index contributed by atoms with van der Waals surface area (Å²) in [5, 5.41) is 14.3. The van der Waals surface area contributed by atoms with Crippen molar-refractivity contribution in [3.05, 3.63) is 63.6 Å². The van der Waals surface area contributed by atoms with Crippen LogP contribution in [0.5, 0.6) is 0 Å². The van der Waals surface area contributed by atoms with Gasteiger partial charge in [-0.15, -0.1) is 0 Å². The molecule has 2 aromatic rings. The zero-order valence-corrected chi connectivity index (χ0v) is 10.1. The highest BCUT2D eigenvalue weighted by Gasteiger charge is 2.20. The van der Waals surface area contributed by atoms with Crippen molar-refractivity contribution < 1.29 is 9.34 Å². The summed E-state index contributed by atoms with van der Waals surface area (Å²) in [6.45, 7) is -0.264. The molecule has 0 fully saturated rings. The molecule has 1 unspecified atom stereocenters. The largest absolute Gasteiger partial charge is 0.467 e. The first-order valence-electron chi connectivity index (χ1n) is 5.32. The highest BCUT2D eigenvalue weighted by Crippen LogP contribution is 2.22. The van der Waals surface area contributed by atoms with Gasteiger partial charge < -0.3 is 9.73 Å². The Morgan fingerprint density at radius 2 is 2.22 bits per heavy atom. The van der Waals surface area contributed by atoms with Crippen LogP contribution < -0.4 is 5.32 Å². The molecule has 0 saturated heterocycles. The summed E-state index contributed by atoms with van der Waals surface area (Å²) >= 11 is 5.86. The second-order valence-corrected chi connectivity index (χ2v) is 4.17. The van der Waals surface area contributed by atoms with Gasteiger partial charge in [0.2, 0.25) is 6.54 Å². The van der Waals surface area contributed by atoms with Crippen LogP contribution in [-0.2, 0) is 0 Å². The number of hydrogen-bond donors (Lipinski definition) is 1. The Labute approximate surface area is 109 Å². The van der Waals surface area contributed by atoms with Gasteiger partial charge in [-0.1, -0.05) is 17.7 Å². The first-order valence-corrected chi connectivity index (χ1v) is 5.70. The Morgan fingerprint density at radius 3 is 2.83 bits per heavy atom. The molecule has 0 aliphatic rings. The van der Waals surface area contributed by atoms with Crippen molar-refractivity contribution in [2.24, 2.45) is 0 Å². The fourth-order valence-electron chi connectivity index (χ4n) is 1.62. The summed E-state index contributed by atoms with van der Waals surface area (Å²) in [6.07, 6.45) is 1.49. The van der Waals surface area contributed by atoms with Gasteiger partial charge in [0, 0.05) is 15.6 Å². The van der Waals surface area contributed by atoms with Gasteiger partial charge >= 0.3 is 0 Å². The summed E-state index contributed by atoms with van der Waals surface area (Å²) in [5.41, 5.74) is 0.714. The summed E-state index contributed by atoms with van der Waals surface area (Å²) in [6, 6.07) is 9.89. The summed E-state index contributed by atoms with van der Waals surface area (Å²) in [7, 11) is 0. The van der Waals surface area contributed by atoms with E-state index in [0.717, 1.165) is 0 Å². The number of hydrogen-bond acceptors (Lipinski definition) is 4. The first-order chi connectivity index (χ1) is 8.65. The van der Waals surface area contributed by atoms with Gasteiger partial charge in [-0.3, -0.25) is 10.1 Å². The fourth-order valence-corrected chi connectivity index (χ4v) is 1.82. The zero-order chi connectivity index (χ0) is 13.0. The second-order valence-electron chi connectivity index (χ2n) is 3.74. The van der Waals surface area contributed by atoms with Crippen LogP contribution in [0.1, 0.15) is 11.8 Å². The maximum absolute atomic E-state index is 10.7. The molecule has 1 heterocycles. The molecule has 0 amide bonds. The van der Waals surface area contributed by atoms with Crippen molar-refractivity contribution in [1.82, 2.24) is 0 Å². The quantitative estimate of drug-likeness (QED) is 0.665. The lowest BCUT2D eigenvalue weighted by Crippen LogP contribution is -2.19. The summed E-state index contributed by atoms with van der Waals surface area (Å²) in [5.74, 6) is 0.520. The Kier molecular flexibility index (Phi) is 3.84. The van der Waals surface area contributed by atoms with Crippen LogP contribution >= 0.6 is 11.6 Å². The molecule has 0 radical (unpaired) electrons. The minimum Gasteiger partial charge on any atom is -0.467 e. The van der Waals surface area contributed by atoms with E-state index < -0.39 is 6.04 Å². The van der Waals surface area contributed by atoms with Gasteiger partial charge in [0.15, 0.2) is 0 Å². The Bertz CT molecular complexity index is 528. The monoisotopic (exact) mass is 266 g/mol. The standard InChI is InChI=1S/C12H11ClN2O3/c13-9-3-1-4-10(7-9)14-11(8-15(16)17)12-5-2-6-18-12/h1-7,11,14H,8H2. The normalized spacial score (nSPS) is 12.1. The third-order valence-corrected chi connectivity index (χ3v) is 2.62. The van der Waals surface area contributed by atoms with Crippen molar-refractivity contribution in [3.63, 3.8) is 0 Å². The van der Waals surface area contributed by atoms with Crippen LogP contribution in [0.3, 0.4) is 0 Å². The molecular formula is C12H11ClN2O3. The van der Waals surface area contributed by atoms with Crippen molar-refractivity contribution in [1.29, 1.82) is 0 Å². The smallest absolute Gasteiger partial charge is 0.231 e. The van der Waals surface area contributed by atoms with E-state index in [4.69, 9.17) is 16.0 Å². The SMILES string of the molecule is O=[N+]([O-])CC(Nc1cccc(Cl)c1)c1ccco1. The van der Waals surface area contributed by atoms with E-state index in [1.54, 1.807) is 36.4 Å². The molecule has 0 spiro atoms. The average molecular weight is 267 g/mol. The predicted octanol–water partition coefficient (Wildman–Crippen LogP) is 3.36. The fraction of sp³-hybridized carbons (Fsp3) is 0.167. The Morgan fingerprint density at radius 1 is 1.39 bits per heavy atom. The molecule has 1 atom stereocenters. The minimum atomic E-state index is -0.520.